The van der Waals surface area contributed by atoms with Crippen molar-refractivity contribution in [1.29, 1.82) is 0 Å². The Labute approximate surface area is 108 Å². The number of carbonyl (C=O) groups excluding carboxylic acids is 1. The standard InChI is InChI=1S/C13H11NO3S/c15-12(9-2-1-5-14-8-9)10-3-4-11(18-10)13-16-6-7-17-13/h1-5,8,13H,6-7H2. The maximum Gasteiger partial charge on any atom is 0.204 e. The van der Waals surface area contributed by atoms with Crippen LogP contribution in [0.4, 0.5) is 0 Å². The number of carbonyl (C=O) groups is 1. The lowest BCUT2D eigenvalue weighted by Crippen LogP contribution is -1.98. The van der Waals surface area contributed by atoms with E-state index in [1.165, 1.54) is 11.3 Å². The molecule has 5 heteroatoms. The Morgan fingerprint density at radius 1 is 1.28 bits per heavy atom. The van der Waals surface area contributed by atoms with Crippen molar-refractivity contribution in [3.8, 4) is 0 Å². The summed E-state index contributed by atoms with van der Waals surface area (Å²) < 4.78 is 10.8. The van der Waals surface area contributed by atoms with Crippen molar-refractivity contribution in [2.45, 2.75) is 6.29 Å². The smallest absolute Gasteiger partial charge is 0.204 e. The molecule has 0 aromatic carbocycles. The molecule has 0 amide bonds. The third-order valence-electron chi connectivity index (χ3n) is 2.63. The van der Waals surface area contributed by atoms with Gasteiger partial charge in [0.25, 0.3) is 0 Å². The summed E-state index contributed by atoms with van der Waals surface area (Å²) >= 11 is 1.41. The van der Waals surface area contributed by atoms with E-state index < -0.39 is 0 Å². The van der Waals surface area contributed by atoms with E-state index in [2.05, 4.69) is 4.98 Å². The number of nitrogens with zero attached hydrogens (tertiary/aromatic N) is 1. The Balaban J connectivity index is 1.83. The Kier molecular flexibility index (Phi) is 3.19. The highest BCUT2D eigenvalue weighted by Crippen LogP contribution is 2.30. The normalized spacial score (nSPS) is 16.0. The van der Waals surface area contributed by atoms with Crippen molar-refractivity contribution in [2.75, 3.05) is 13.2 Å². The van der Waals surface area contributed by atoms with Crippen LogP contribution < -0.4 is 0 Å². The first kappa shape index (κ1) is 11.5. The zero-order valence-electron chi connectivity index (χ0n) is 9.54. The highest BCUT2D eigenvalue weighted by Gasteiger charge is 2.21. The number of ether oxygens (including phenoxy) is 2. The third kappa shape index (κ3) is 2.20. The second-order valence-electron chi connectivity index (χ2n) is 3.85. The molecule has 1 aliphatic heterocycles. The minimum absolute atomic E-state index is 0.0163. The van der Waals surface area contributed by atoms with Gasteiger partial charge in [-0.1, -0.05) is 0 Å². The highest BCUT2D eigenvalue weighted by atomic mass is 32.1. The zero-order valence-corrected chi connectivity index (χ0v) is 10.4. The maximum atomic E-state index is 12.2. The lowest BCUT2D eigenvalue weighted by molar-refractivity contribution is -0.0413. The summed E-state index contributed by atoms with van der Waals surface area (Å²) in [5.74, 6) is -0.0163. The van der Waals surface area contributed by atoms with Crippen LogP contribution in [0.15, 0.2) is 36.7 Å². The minimum atomic E-state index is -0.314. The highest BCUT2D eigenvalue weighted by molar-refractivity contribution is 7.14. The summed E-state index contributed by atoms with van der Waals surface area (Å²) in [4.78, 5) is 17.7. The topological polar surface area (TPSA) is 48.4 Å². The molecule has 92 valence electrons. The van der Waals surface area contributed by atoms with Crippen molar-refractivity contribution in [2.24, 2.45) is 0 Å². The molecule has 1 aliphatic rings. The van der Waals surface area contributed by atoms with Gasteiger partial charge in [-0.3, -0.25) is 9.78 Å². The Bertz CT molecular complexity index is 546. The SMILES string of the molecule is O=C(c1cccnc1)c1ccc(C2OCCO2)s1. The summed E-state index contributed by atoms with van der Waals surface area (Å²) in [6.07, 6.45) is 2.91. The molecule has 0 N–H and O–H groups in total. The van der Waals surface area contributed by atoms with Gasteiger partial charge in [-0.25, -0.2) is 0 Å². The van der Waals surface area contributed by atoms with E-state index >= 15 is 0 Å². The third-order valence-corrected chi connectivity index (χ3v) is 3.73. The number of rotatable bonds is 3. The molecule has 0 atom stereocenters. The predicted molar refractivity (Wildman–Crippen MR) is 66.6 cm³/mol. The Hall–Kier alpha value is -1.56. The molecule has 3 heterocycles. The Morgan fingerprint density at radius 2 is 2.11 bits per heavy atom. The van der Waals surface area contributed by atoms with Gasteiger partial charge in [0.05, 0.1) is 23.0 Å². The number of ketones is 1. The van der Waals surface area contributed by atoms with Crippen molar-refractivity contribution in [3.05, 3.63) is 52.0 Å². The zero-order chi connectivity index (χ0) is 12.4. The van der Waals surface area contributed by atoms with Crippen molar-refractivity contribution >= 4 is 17.1 Å². The van der Waals surface area contributed by atoms with E-state index in [0.29, 0.717) is 23.7 Å². The first-order chi connectivity index (χ1) is 8.84. The van der Waals surface area contributed by atoms with Crippen LogP contribution in [0.5, 0.6) is 0 Å². The van der Waals surface area contributed by atoms with E-state index in [-0.39, 0.29) is 12.1 Å². The fraction of sp³-hybridized carbons (Fsp3) is 0.231. The van der Waals surface area contributed by atoms with Gasteiger partial charge in [-0.2, -0.15) is 0 Å². The molecule has 0 spiro atoms. The van der Waals surface area contributed by atoms with E-state index in [1.54, 1.807) is 30.6 Å². The van der Waals surface area contributed by atoms with Gasteiger partial charge in [0.1, 0.15) is 0 Å². The fourth-order valence-electron chi connectivity index (χ4n) is 1.76. The fourth-order valence-corrected chi connectivity index (χ4v) is 2.73. The van der Waals surface area contributed by atoms with Crippen LogP contribution in [0, 0.1) is 0 Å². The van der Waals surface area contributed by atoms with Crippen LogP contribution in [-0.4, -0.2) is 24.0 Å². The van der Waals surface area contributed by atoms with E-state index in [9.17, 15) is 4.79 Å². The molecule has 4 nitrogen and oxygen atoms in total. The quantitative estimate of drug-likeness (QED) is 0.796. The average molecular weight is 261 g/mol. The van der Waals surface area contributed by atoms with Gasteiger partial charge in [0.2, 0.25) is 5.78 Å². The first-order valence-electron chi connectivity index (χ1n) is 5.62. The van der Waals surface area contributed by atoms with Crippen LogP contribution in [0.1, 0.15) is 26.4 Å². The monoisotopic (exact) mass is 261 g/mol. The number of hydrogen-bond donors (Lipinski definition) is 0. The average Bonchev–Trinajstić information content (AvgIpc) is 3.09. The molecule has 0 saturated carbocycles. The summed E-state index contributed by atoms with van der Waals surface area (Å²) in [5.41, 5.74) is 0.596. The van der Waals surface area contributed by atoms with E-state index in [4.69, 9.17) is 9.47 Å². The number of aromatic nitrogens is 1. The van der Waals surface area contributed by atoms with E-state index in [0.717, 1.165) is 4.88 Å². The molecule has 1 fully saturated rings. The van der Waals surface area contributed by atoms with Crippen molar-refractivity contribution in [1.82, 2.24) is 4.98 Å². The molecule has 0 radical (unpaired) electrons. The van der Waals surface area contributed by atoms with E-state index in [1.807, 2.05) is 6.07 Å². The molecule has 2 aromatic heterocycles. The molecule has 18 heavy (non-hydrogen) atoms. The molecule has 2 aromatic rings. The van der Waals surface area contributed by atoms with Crippen LogP contribution in [0.3, 0.4) is 0 Å². The van der Waals surface area contributed by atoms with Crippen LogP contribution in [0.2, 0.25) is 0 Å². The number of pyridine rings is 1. The van der Waals surface area contributed by atoms with Crippen LogP contribution in [-0.2, 0) is 9.47 Å². The molecule has 0 aliphatic carbocycles. The van der Waals surface area contributed by atoms with Gasteiger partial charge >= 0.3 is 0 Å². The van der Waals surface area contributed by atoms with Gasteiger partial charge in [-0.15, -0.1) is 11.3 Å². The largest absolute Gasteiger partial charge is 0.345 e. The lowest BCUT2D eigenvalue weighted by Gasteiger charge is -2.04. The summed E-state index contributed by atoms with van der Waals surface area (Å²) in [6.45, 7) is 1.21. The van der Waals surface area contributed by atoms with Gasteiger partial charge < -0.3 is 9.47 Å². The van der Waals surface area contributed by atoms with Crippen molar-refractivity contribution in [3.63, 3.8) is 0 Å². The molecular weight excluding hydrogens is 250 g/mol. The van der Waals surface area contributed by atoms with Crippen molar-refractivity contribution < 1.29 is 14.3 Å². The second-order valence-corrected chi connectivity index (χ2v) is 4.96. The van der Waals surface area contributed by atoms with Gasteiger partial charge in [0.15, 0.2) is 6.29 Å². The summed E-state index contributed by atoms with van der Waals surface area (Å²) in [6, 6.07) is 7.20. The minimum Gasteiger partial charge on any atom is -0.345 e. The summed E-state index contributed by atoms with van der Waals surface area (Å²) in [5, 5.41) is 0. The molecule has 1 saturated heterocycles. The second kappa shape index (κ2) is 4.97. The Morgan fingerprint density at radius 3 is 2.83 bits per heavy atom. The maximum absolute atomic E-state index is 12.2. The molecular formula is C13H11NO3S. The summed E-state index contributed by atoms with van der Waals surface area (Å²) in [7, 11) is 0. The van der Waals surface area contributed by atoms with Crippen LogP contribution in [0.25, 0.3) is 0 Å². The predicted octanol–water partition coefficient (Wildman–Crippen LogP) is 2.42. The van der Waals surface area contributed by atoms with Gasteiger partial charge in [0, 0.05) is 18.0 Å². The number of hydrogen-bond acceptors (Lipinski definition) is 5. The van der Waals surface area contributed by atoms with Crippen LogP contribution >= 0.6 is 11.3 Å². The molecule has 0 bridgehead atoms. The number of thiophene rings is 1. The first-order valence-corrected chi connectivity index (χ1v) is 6.44. The molecule has 3 rings (SSSR count). The lowest BCUT2D eigenvalue weighted by atomic mass is 10.1. The molecule has 0 unspecified atom stereocenters. The van der Waals surface area contributed by atoms with Gasteiger partial charge in [-0.05, 0) is 24.3 Å².